The lowest BCUT2D eigenvalue weighted by Gasteiger charge is -2.06. The molecule has 0 unspecified atom stereocenters. The number of nitrogens with zero attached hydrogens (tertiary/aromatic N) is 2. The summed E-state index contributed by atoms with van der Waals surface area (Å²) in [5, 5.41) is 4.37. The number of hydrogen-bond acceptors (Lipinski definition) is 3. The molecule has 1 aromatic heterocycles. The van der Waals surface area contributed by atoms with Crippen LogP contribution in [-0.2, 0) is 6.54 Å². The van der Waals surface area contributed by atoms with Crippen LogP contribution in [0.4, 0.5) is 0 Å². The summed E-state index contributed by atoms with van der Waals surface area (Å²) in [6.07, 6.45) is 1.85. The minimum Gasteiger partial charge on any atom is -0.267 e. The second-order valence-electron chi connectivity index (χ2n) is 3.48. The second kappa shape index (κ2) is 5.38. The Morgan fingerprint density at radius 3 is 2.71 bits per heavy atom. The van der Waals surface area contributed by atoms with Gasteiger partial charge in [0.25, 0.3) is 5.56 Å². The number of benzene rings is 1. The topological polar surface area (TPSA) is 34.9 Å². The quantitative estimate of drug-likeness (QED) is 0.801. The standard InChI is InChI=1S/C12H11ClN2OS/c1-17-10-7-11(13)14-15(12(10)16)8-9-5-3-2-4-6-9/h2-7H,8H2,1H3. The van der Waals surface area contributed by atoms with E-state index < -0.39 is 0 Å². The summed E-state index contributed by atoms with van der Waals surface area (Å²) in [5.41, 5.74) is 0.919. The Bertz CT molecular complexity index is 568. The Kier molecular flexibility index (Phi) is 3.86. The maximum atomic E-state index is 12.0. The normalized spacial score (nSPS) is 10.5. The van der Waals surface area contributed by atoms with E-state index in [0.29, 0.717) is 16.6 Å². The SMILES string of the molecule is CSc1cc(Cl)nn(Cc2ccccc2)c1=O. The summed E-state index contributed by atoms with van der Waals surface area (Å²) in [7, 11) is 0. The van der Waals surface area contributed by atoms with Crippen LogP contribution in [0.3, 0.4) is 0 Å². The van der Waals surface area contributed by atoms with E-state index in [1.165, 1.54) is 16.4 Å². The van der Waals surface area contributed by atoms with Crippen LogP contribution in [0.25, 0.3) is 0 Å². The van der Waals surface area contributed by atoms with Crippen molar-refractivity contribution in [1.82, 2.24) is 9.78 Å². The number of aromatic nitrogens is 2. The fraction of sp³-hybridized carbons (Fsp3) is 0.167. The van der Waals surface area contributed by atoms with Crippen LogP contribution in [0.2, 0.25) is 5.15 Å². The summed E-state index contributed by atoms with van der Waals surface area (Å²) < 4.78 is 1.39. The van der Waals surface area contributed by atoms with Gasteiger partial charge in [-0.25, -0.2) is 4.68 Å². The molecule has 0 fully saturated rings. The van der Waals surface area contributed by atoms with Crippen molar-refractivity contribution >= 4 is 23.4 Å². The molecule has 17 heavy (non-hydrogen) atoms. The molecule has 2 aromatic rings. The summed E-state index contributed by atoms with van der Waals surface area (Å²) in [6.45, 7) is 0.438. The molecule has 0 aliphatic heterocycles. The predicted molar refractivity (Wildman–Crippen MR) is 70.8 cm³/mol. The minimum absolute atomic E-state index is 0.106. The average molecular weight is 267 g/mol. The van der Waals surface area contributed by atoms with Gasteiger partial charge >= 0.3 is 0 Å². The Morgan fingerprint density at radius 1 is 1.35 bits per heavy atom. The van der Waals surface area contributed by atoms with Crippen LogP contribution in [0.1, 0.15) is 5.56 Å². The van der Waals surface area contributed by atoms with Crippen LogP contribution >= 0.6 is 23.4 Å². The molecular formula is C12H11ClN2OS. The molecule has 0 aliphatic rings. The molecule has 1 heterocycles. The summed E-state index contributed by atoms with van der Waals surface area (Å²) in [5.74, 6) is 0. The molecule has 0 radical (unpaired) electrons. The third-order valence-electron chi connectivity index (χ3n) is 2.31. The number of thioether (sulfide) groups is 1. The van der Waals surface area contributed by atoms with Crippen molar-refractivity contribution in [3.8, 4) is 0 Å². The predicted octanol–water partition coefficient (Wildman–Crippen LogP) is 2.67. The average Bonchev–Trinajstić information content (AvgIpc) is 2.34. The zero-order valence-corrected chi connectivity index (χ0v) is 10.8. The zero-order valence-electron chi connectivity index (χ0n) is 9.26. The molecule has 0 atom stereocenters. The summed E-state index contributed by atoms with van der Waals surface area (Å²) in [6, 6.07) is 11.3. The molecule has 3 nitrogen and oxygen atoms in total. The van der Waals surface area contributed by atoms with Crippen molar-refractivity contribution in [2.24, 2.45) is 0 Å². The molecule has 88 valence electrons. The highest BCUT2D eigenvalue weighted by Gasteiger charge is 2.06. The van der Waals surface area contributed by atoms with Crippen molar-refractivity contribution in [2.75, 3.05) is 6.26 Å². The number of halogens is 1. The third-order valence-corrected chi connectivity index (χ3v) is 3.22. The van der Waals surface area contributed by atoms with Crippen molar-refractivity contribution in [3.05, 3.63) is 57.5 Å². The second-order valence-corrected chi connectivity index (χ2v) is 4.72. The Balaban J connectivity index is 2.40. The van der Waals surface area contributed by atoms with Crippen LogP contribution < -0.4 is 5.56 Å². The zero-order chi connectivity index (χ0) is 12.3. The first-order valence-electron chi connectivity index (χ1n) is 5.06. The van der Waals surface area contributed by atoms with Gasteiger partial charge in [0.15, 0.2) is 5.15 Å². The number of rotatable bonds is 3. The lowest BCUT2D eigenvalue weighted by molar-refractivity contribution is 0.625. The highest BCUT2D eigenvalue weighted by molar-refractivity contribution is 7.98. The third kappa shape index (κ3) is 2.90. The van der Waals surface area contributed by atoms with Crippen LogP contribution in [0, 0.1) is 0 Å². The van der Waals surface area contributed by atoms with Crippen LogP contribution in [0.5, 0.6) is 0 Å². The first kappa shape index (κ1) is 12.2. The Hall–Kier alpha value is -1.26. The molecule has 0 bridgehead atoms. The highest BCUT2D eigenvalue weighted by Crippen LogP contribution is 2.13. The Morgan fingerprint density at radius 2 is 2.06 bits per heavy atom. The molecule has 2 rings (SSSR count). The smallest absolute Gasteiger partial charge is 0.267 e. The molecule has 1 aromatic carbocycles. The van der Waals surface area contributed by atoms with E-state index in [9.17, 15) is 4.79 Å². The number of hydrogen-bond donors (Lipinski definition) is 0. The van der Waals surface area contributed by atoms with Crippen molar-refractivity contribution in [3.63, 3.8) is 0 Å². The van der Waals surface area contributed by atoms with Gasteiger partial charge in [0.1, 0.15) is 0 Å². The maximum Gasteiger partial charge on any atom is 0.280 e. The first-order valence-corrected chi connectivity index (χ1v) is 6.66. The highest BCUT2D eigenvalue weighted by atomic mass is 35.5. The molecule has 0 saturated carbocycles. The van der Waals surface area contributed by atoms with Crippen molar-refractivity contribution in [1.29, 1.82) is 0 Å². The molecule has 5 heteroatoms. The lowest BCUT2D eigenvalue weighted by atomic mass is 10.2. The van der Waals surface area contributed by atoms with Gasteiger partial charge in [-0.05, 0) is 17.9 Å². The van der Waals surface area contributed by atoms with E-state index in [4.69, 9.17) is 11.6 Å². The molecule has 0 aliphatic carbocycles. The van der Waals surface area contributed by atoms with E-state index in [2.05, 4.69) is 5.10 Å². The van der Waals surface area contributed by atoms with Gasteiger partial charge in [-0.15, -0.1) is 11.8 Å². The van der Waals surface area contributed by atoms with Gasteiger partial charge in [0.2, 0.25) is 0 Å². The van der Waals surface area contributed by atoms with Gasteiger partial charge in [-0.1, -0.05) is 41.9 Å². The Labute approximate surface area is 108 Å². The van der Waals surface area contributed by atoms with Gasteiger partial charge < -0.3 is 0 Å². The van der Waals surface area contributed by atoms with Gasteiger partial charge in [0.05, 0.1) is 11.4 Å². The lowest BCUT2D eigenvalue weighted by Crippen LogP contribution is -2.24. The first-order chi connectivity index (χ1) is 8.20. The van der Waals surface area contributed by atoms with E-state index in [1.807, 2.05) is 36.6 Å². The van der Waals surface area contributed by atoms with Gasteiger partial charge in [0, 0.05) is 0 Å². The monoisotopic (exact) mass is 266 g/mol. The minimum atomic E-state index is -0.106. The van der Waals surface area contributed by atoms with E-state index in [-0.39, 0.29) is 5.56 Å². The fourth-order valence-corrected chi connectivity index (χ4v) is 2.27. The molecule has 0 N–H and O–H groups in total. The van der Waals surface area contributed by atoms with Crippen molar-refractivity contribution in [2.45, 2.75) is 11.4 Å². The van der Waals surface area contributed by atoms with Crippen molar-refractivity contribution < 1.29 is 0 Å². The van der Waals surface area contributed by atoms with Gasteiger partial charge in [-0.3, -0.25) is 4.79 Å². The summed E-state index contributed by atoms with van der Waals surface area (Å²) >= 11 is 7.26. The van der Waals surface area contributed by atoms with E-state index >= 15 is 0 Å². The summed E-state index contributed by atoms with van der Waals surface area (Å²) in [4.78, 5) is 12.6. The van der Waals surface area contributed by atoms with E-state index in [1.54, 1.807) is 6.07 Å². The maximum absolute atomic E-state index is 12.0. The fourth-order valence-electron chi connectivity index (χ4n) is 1.50. The molecule has 0 amide bonds. The van der Waals surface area contributed by atoms with Gasteiger partial charge in [-0.2, -0.15) is 5.10 Å². The van der Waals surface area contributed by atoms with E-state index in [0.717, 1.165) is 5.56 Å². The molecule has 0 saturated heterocycles. The van der Waals surface area contributed by atoms with Crippen LogP contribution in [0.15, 0.2) is 46.1 Å². The largest absolute Gasteiger partial charge is 0.280 e. The molecular weight excluding hydrogens is 256 g/mol. The van der Waals surface area contributed by atoms with Crippen LogP contribution in [-0.4, -0.2) is 16.0 Å². The molecule has 0 spiro atoms.